The first-order chi connectivity index (χ1) is 13.3. The van der Waals surface area contributed by atoms with Gasteiger partial charge in [-0.15, -0.1) is 0 Å². The summed E-state index contributed by atoms with van der Waals surface area (Å²) in [6.07, 6.45) is 0.345. The highest BCUT2D eigenvalue weighted by Gasteiger charge is 2.71. The van der Waals surface area contributed by atoms with Gasteiger partial charge < -0.3 is 50.7 Å². The van der Waals surface area contributed by atoms with Crippen molar-refractivity contribution >= 4 is 71.9 Å². The highest BCUT2D eigenvalue weighted by Crippen LogP contribution is 2.41. The van der Waals surface area contributed by atoms with Gasteiger partial charge in [0.1, 0.15) is 0 Å². The molecule has 0 aromatic heterocycles. The van der Waals surface area contributed by atoms with E-state index >= 15 is 0 Å². The Labute approximate surface area is 180 Å². The number of hydrogen-bond acceptors (Lipinski definition) is 12. The Bertz CT molecular complexity index is 665. The van der Waals surface area contributed by atoms with Crippen LogP contribution in [0.25, 0.3) is 0 Å². The van der Waals surface area contributed by atoms with E-state index in [0.29, 0.717) is 6.23 Å². The molecular weight excluding hydrogens is 525 g/mol. The largest absolute Gasteiger partial charge is 0.482 e. The fourth-order valence-electron chi connectivity index (χ4n) is 3.89. The van der Waals surface area contributed by atoms with Crippen molar-refractivity contribution in [3.05, 3.63) is 0 Å². The molecule has 4 aliphatic rings. The maximum atomic E-state index is 9.72. The number of aliphatic hydroxyl groups is 1. The maximum Gasteiger partial charge on any atom is 0.482 e. The summed E-state index contributed by atoms with van der Waals surface area (Å²) in [5.41, 5.74) is 0. The van der Waals surface area contributed by atoms with E-state index in [4.69, 9.17) is 45.6 Å². The number of hydrogen-bond donors (Lipinski definition) is 1. The molecule has 4 aliphatic heterocycles. The minimum Gasteiger partial charge on any atom is -0.417 e. The van der Waals surface area contributed by atoms with Crippen LogP contribution < -0.4 is 0 Å². The monoisotopic (exact) mass is 552 g/mol. The first-order valence-corrected chi connectivity index (χ1v) is 26.1. The van der Waals surface area contributed by atoms with Gasteiger partial charge in [0.2, 0.25) is 0 Å². The highest BCUT2D eigenvalue weighted by atomic mass is 28.6. The zero-order valence-corrected chi connectivity index (χ0v) is 25.9. The third kappa shape index (κ3) is 4.95. The van der Waals surface area contributed by atoms with E-state index in [2.05, 4.69) is 0 Å². The Morgan fingerprint density at radius 2 is 1.31 bits per heavy atom. The summed E-state index contributed by atoms with van der Waals surface area (Å²) in [7, 11) is -23.7. The third-order valence-corrected chi connectivity index (χ3v) is 35.5. The Morgan fingerprint density at radius 3 is 2.03 bits per heavy atom. The number of rotatable bonds is 2. The standard InChI is InChI=1S/C9H28O12Si8/c1-23-9-11-24(2)15-27(5)18-26(4,14-23)16-25(3)12-22-13-29(20-24,8-7-10)21-28(6,17-25)19-27/h10,23H,7-9,22H2,1-6H3. The molecule has 20 heteroatoms. The van der Waals surface area contributed by atoms with Crippen LogP contribution in [0.2, 0.25) is 45.3 Å². The SMILES string of the molecule is C[SiH]1CO[Si]2(C)O[Si]3(C)O[Si](C)(O1)O[Si]1(C)O[SiH2]O[Si](CCO)(O2)O[Si](C)(O1)O3. The summed E-state index contributed by atoms with van der Waals surface area (Å²) >= 11 is 0. The molecule has 1 N–H and O–H groups in total. The van der Waals surface area contributed by atoms with Crippen LogP contribution in [-0.2, 0) is 45.6 Å². The lowest BCUT2D eigenvalue weighted by atomic mass is 10.9. The summed E-state index contributed by atoms with van der Waals surface area (Å²) in [6.45, 7) is 10.7. The van der Waals surface area contributed by atoms with Crippen molar-refractivity contribution in [1.82, 2.24) is 0 Å². The van der Waals surface area contributed by atoms with E-state index < -0.39 is 71.9 Å². The molecule has 12 nitrogen and oxygen atoms in total. The number of aliphatic hydroxyl groups excluding tert-OH is 1. The van der Waals surface area contributed by atoms with Crippen LogP contribution in [0.5, 0.6) is 0 Å². The quantitative estimate of drug-likeness (QED) is 0.418. The second kappa shape index (κ2) is 7.65. The fourth-order valence-corrected chi connectivity index (χ4v) is 41.4. The Morgan fingerprint density at radius 1 is 0.759 bits per heavy atom. The smallest absolute Gasteiger partial charge is 0.417 e. The van der Waals surface area contributed by atoms with Gasteiger partial charge in [-0.3, -0.25) is 0 Å². The van der Waals surface area contributed by atoms with Gasteiger partial charge in [0.05, 0.1) is 6.23 Å². The lowest BCUT2D eigenvalue weighted by Gasteiger charge is -2.53. The van der Waals surface area contributed by atoms with Crippen molar-refractivity contribution in [3.8, 4) is 0 Å². The Kier molecular flexibility index (Phi) is 6.18. The topological polar surface area (TPSA) is 122 Å². The lowest BCUT2D eigenvalue weighted by molar-refractivity contribution is 0.0338. The first kappa shape index (κ1) is 23.4. The van der Waals surface area contributed by atoms with Crippen LogP contribution in [0.3, 0.4) is 0 Å². The molecule has 4 fully saturated rings. The lowest BCUT2D eigenvalue weighted by Crippen LogP contribution is -2.78. The molecule has 0 aromatic carbocycles. The minimum absolute atomic E-state index is 0.155. The normalized spacial score (nSPS) is 56.6. The van der Waals surface area contributed by atoms with Crippen molar-refractivity contribution < 1.29 is 50.7 Å². The van der Waals surface area contributed by atoms with E-state index in [0.717, 1.165) is 0 Å². The zero-order chi connectivity index (χ0) is 21.2. The molecule has 4 rings (SSSR count). The molecule has 6 bridgehead atoms. The molecule has 0 amide bonds. The third-order valence-electron chi connectivity index (χ3n) is 4.55. The second-order valence-electron chi connectivity index (χ2n) is 7.83. The first-order valence-electron chi connectivity index (χ1n) is 9.43. The van der Waals surface area contributed by atoms with Crippen molar-refractivity contribution in [2.45, 2.75) is 45.3 Å². The molecule has 29 heavy (non-hydrogen) atoms. The van der Waals surface area contributed by atoms with E-state index in [1.165, 1.54) is 0 Å². The van der Waals surface area contributed by atoms with Crippen molar-refractivity contribution in [1.29, 1.82) is 0 Å². The Hall–Kier alpha value is 1.26. The molecule has 168 valence electrons. The van der Waals surface area contributed by atoms with E-state index in [9.17, 15) is 5.11 Å². The summed E-state index contributed by atoms with van der Waals surface area (Å²) in [5.74, 6) is 0. The molecule has 0 spiro atoms. The van der Waals surface area contributed by atoms with Gasteiger partial charge in [-0.2, -0.15) is 0 Å². The van der Waals surface area contributed by atoms with Crippen LogP contribution in [0, 0.1) is 0 Å². The van der Waals surface area contributed by atoms with Gasteiger partial charge >= 0.3 is 52.8 Å². The molecule has 0 radical (unpaired) electrons. The van der Waals surface area contributed by atoms with Gasteiger partial charge in [-0.25, -0.2) is 0 Å². The van der Waals surface area contributed by atoms with Gasteiger partial charge in [-0.05, 0) is 6.55 Å². The van der Waals surface area contributed by atoms with Crippen molar-refractivity contribution in [3.63, 3.8) is 0 Å². The maximum absolute atomic E-state index is 9.72. The van der Waals surface area contributed by atoms with Crippen LogP contribution in [0.15, 0.2) is 0 Å². The summed E-state index contributed by atoms with van der Waals surface area (Å²) < 4.78 is 69.7. The second-order valence-corrected chi connectivity index (χ2v) is 29.8. The van der Waals surface area contributed by atoms with Gasteiger partial charge in [-0.1, -0.05) is 0 Å². The van der Waals surface area contributed by atoms with Crippen LogP contribution in [-0.4, -0.2) is 89.8 Å². The summed E-state index contributed by atoms with van der Waals surface area (Å²) in [4.78, 5) is 0. The molecule has 0 saturated carbocycles. The average Bonchev–Trinajstić information content (AvgIpc) is 2.50. The predicted molar refractivity (Wildman–Crippen MR) is 114 cm³/mol. The Balaban J connectivity index is 1.88. The molecule has 0 aromatic rings. The molecule has 7 unspecified atom stereocenters. The summed E-state index contributed by atoms with van der Waals surface area (Å²) in [6, 6.07) is 0.155. The van der Waals surface area contributed by atoms with E-state index in [1.54, 1.807) is 26.2 Å². The van der Waals surface area contributed by atoms with Gasteiger partial charge in [0.25, 0.3) is 10.0 Å². The molecule has 4 heterocycles. The van der Waals surface area contributed by atoms with Crippen LogP contribution in [0.4, 0.5) is 0 Å². The number of fused-ring (bicyclic) bond motifs is 4. The fraction of sp³-hybridized carbons (Fsp3) is 1.00. The predicted octanol–water partition coefficient (Wildman–Crippen LogP) is -1.11. The highest BCUT2D eigenvalue weighted by molar-refractivity contribution is 6.96. The van der Waals surface area contributed by atoms with Crippen LogP contribution in [0.1, 0.15) is 0 Å². The molecular formula is C9H28O12Si8. The summed E-state index contributed by atoms with van der Waals surface area (Å²) in [5, 5.41) is 9.72. The van der Waals surface area contributed by atoms with Crippen LogP contribution >= 0.6 is 0 Å². The zero-order valence-electron chi connectivity index (χ0n) is 17.3. The molecule has 7 atom stereocenters. The van der Waals surface area contributed by atoms with E-state index in [1.807, 2.05) is 13.1 Å². The average molecular weight is 553 g/mol. The van der Waals surface area contributed by atoms with Gasteiger partial charge in [0, 0.05) is 45.4 Å². The van der Waals surface area contributed by atoms with E-state index in [-0.39, 0.29) is 12.7 Å². The van der Waals surface area contributed by atoms with Crippen molar-refractivity contribution in [2.75, 3.05) is 12.8 Å². The minimum atomic E-state index is -3.47. The molecule has 0 aliphatic carbocycles. The van der Waals surface area contributed by atoms with Crippen molar-refractivity contribution in [2.24, 2.45) is 0 Å². The molecule has 4 saturated heterocycles. The van der Waals surface area contributed by atoms with Gasteiger partial charge in [0.15, 0.2) is 9.04 Å².